The molecule has 1 aromatic heterocycles. The minimum absolute atomic E-state index is 0.780. The van der Waals surface area contributed by atoms with E-state index in [9.17, 15) is 0 Å². The molecule has 3 rings (SSSR count). The zero-order valence-electron chi connectivity index (χ0n) is 14.0. The van der Waals surface area contributed by atoms with Crippen LogP contribution in [-0.2, 0) is 0 Å². The van der Waals surface area contributed by atoms with Gasteiger partial charge in [-0.3, -0.25) is 5.43 Å². The van der Waals surface area contributed by atoms with Gasteiger partial charge in [-0.2, -0.15) is 5.10 Å². The van der Waals surface area contributed by atoms with E-state index in [0.717, 1.165) is 33.4 Å². The van der Waals surface area contributed by atoms with Crippen molar-refractivity contribution < 1.29 is 0 Å². The maximum absolute atomic E-state index is 4.66. The van der Waals surface area contributed by atoms with E-state index >= 15 is 0 Å². The van der Waals surface area contributed by atoms with Gasteiger partial charge in [0.1, 0.15) is 5.03 Å². The minimum atomic E-state index is 0.780. The summed E-state index contributed by atoms with van der Waals surface area (Å²) in [6.45, 7) is 5.76. The molecule has 0 saturated carbocycles. The van der Waals surface area contributed by atoms with Crippen molar-refractivity contribution in [1.82, 2.24) is 9.78 Å². The van der Waals surface area contributed by atoms with E-state index in [-0.39, 0.29) is 0 Å². The van der Waals surface area contributed by atoms with Gasteiger partial charge in [-0.15, -0.1) is 18.3 Å². The van der Waals surface area contributed by atoms with Gasteiger partial charge in [0.25, 0.3) is 0 Å². The number of benzene rings is 2. The lowest BCUT2D eigenvalue weighted by Gasteiger charge is -2.05. The number of aryl methyl sites for hydroxylation is 1. The van der Waals surface area contributed by atoms with Crippen LogP contribution >= 0.6 is 11.8 Å². The van der Waals surface area contributed by atoms with Gasteiger partial charge in [0, 0.05) is 5.75 Å². The number of para-hydroxylation sites is 1. The van der Waals surface area contributed by atoms with E-state index in [1.54, 1.807) is 11.8 Å². The van der Waals surface area contributed by atoms with Crippen LogP contribution in [0.25, 0.3) is 16.1 Å². The van der Waals surface area contributed by atoms with Crippen LogP contribution in [0.1, 0.15) is 11.3 Å². The monoisotopic (exact) mass is 346 g/mol. The second kappa shape index (κ2) is 8.22. The number of rotatable bonds is 5. The fourth-order valence-corrected chi connectivity index (χ4v) is 3.16. The molecule has 0 bridgehead atoms. The van der Waals surface area contributed by atoms with Crippen LogP contribution in [0.3, 0.4) is 0 Å². The van der Waals surface area contributed by atoms with Crippen molar-refractivity contribution in [2.75, 3.05) is 5.75 Å². The molecule has 25 heavy (non-hydrogen) atoms. The molecule has 0 radical (unpaired) electrons. The van der Waals surface area contributed by atoms with Crippen molar-refractivity contribution in [3.63, 3.8) is 0 Å². The Bertz CT molecular complexity index is 905. The highest BCUT2D eigenvalue weighted by molar-refractivity contribution is 7.99. The molecular weight excluding hydrogens is 328 g/mol. The third-order valence-corrected chi connectivity index (χ3v) is 4.49. The zero-order chi connectivity index (χ0) is 17.5. The minimum Gasteiger partial charge on any atom is -0.278 e. The van der Waals surface area contributed by atoms with E-state index < -0.39 is 0 Å². The largest absolute Gasteiger partial charge is 0.314 e. The maximum atomic E-state index is 4.66. The van der Waals surface area contributed by atoms with Crippen LogP contribution < -0.4 is 0 Å². The van der Waals surface area contributed by atoms with Gasteiger partial charge in [0.05, 0.1) is 11.4 Å². The molecule has 2 aromatic carbocycles. The molecule has 0 spiro atoms. The van der Waals surface area contributed by atoms with Gasteiger partial charge >= 0.3 is 6.07 Å². The number of aromatic nitrogens is 2. The number of hydrogen-bond donors (Lipinski definition) is 0. The van der Waals surface area contributed by atoms with Crippen LogP contribution in [0, 0.1) is 13.0 Å². The van der Waals surface area contributed by atoms with Crippen molar-refractivity contribution in [2.24, 2.45) is 0 Å². The normalized spacial score (nSPS) is 9.96. The summed E-state index contributed by atoms with van der Waals surface area (Å²) in [5.74, 6) is 0.780. The molecule has 0 N–H and O–H groups in total. The Hall–Kier alpha value is -2.97. The first kappa shape index (κ1) is 16.9. The van der Waals surface area contributed by atoms with Gasteiger partial charge in [0.15, 0.2) is 5.56 Å². The lowest BCUT2D eigenvalue weighted by molar-refractivity contribution is 0.793. The fraction of sp³-hybridized carbons (Fsp3) is 0.100. The van der Waals surface area contributed by atoms with Crippen LogP contribution in [0.15, 0.2) is 78.3 Å². The lowest BCUT2D eigenvalue weighted by atomic mass is 10.3. The summed E-state index contributed by atoms with van der Waals surface area (Å²) < 4.78 is 1.92. The predicted molar refractivity (Wildman–Crippen MR) is 105 cm³/mol. The Balaban J connectivity index is 1.95. The summed E-state index contributed by atoms with van der Waals surface area (Å²) in [5.41, 5.74) is 7.71. The Labute approximate surface area is 152 Å². The third kappa shape index (κ3) is 4.11. The summed E-state index contributed by atoms with van der Waals surface area (Å²) in [6.07, 6.45) is 1.87. The molecule has 5 heteroatoms. The van der Waals surface area contributed by atoms with Gasteiger partial charge in [-0.1, -0.05) is 65.2 Å². The molecule has 1 heterocycles. The number of thioether (sulfide) groups is 1. The Morgan fingerprint density at radius 2 is 1.84 bits per heavy atom. The number of nitrogens with zero attached hydrogens (tertiary/aromatic N) is 4. The Morgan fingerprint density at radius 1 is 1.16 bits per heavy atom. The van der Waals surface area contributed by atoms with Crippen molar-refractivity contribution in [3.8, 4) is 11.8 Å². The van der Waals surface area contributed by atoms with Crippen molar-refractivity contribution >= 4 is 17.4 Å². The topological polar surface area (TPSA) is 36.3 Å². The Morgan fingerprint density at radius 3 is 2.52 bits per heavy atom. The standard InChI is InChI=1S/C20H18N4S/c1-3-14-25-20-19(15-21-22-17-10-6-4-7-11-17)16(2)23-24(20)18-12-8-5-9-13-18/h3-13H,1,14H2,2H3. The molecule has 0 amide bonds. The van der Waals surface area contributed by atoms with Crippen LogP contribution in [0.2, 0.25) is 0 Å². The van der Waals surface area contributed by atoms with E-state index in [4.69, 9.17) is 0 Å². The van der Waals surface area contributed by atoms with E-state index in [1.807, 2.05) is 78.3 Å². The van der Waals surface area contributed by atoms with E-state index in [1.165, 1.54) is 0 Å². The van der Waals surface area contributed by atoms with Crippen molar-refractivity contribution in [3.05, 3.63) is 95.0 Å². The van der Waals surface area contributed by atoms with Crippen LogP contribution in [0.5, 0.6) is 0 Å². The molecule has 124 valence electrons. The van der Waals surface area contributed by atoms with Gasteiger partial charge < -0.3 is 0 Å². The average Bonchev–Trinajstić information content (AvgIpc) is 2.97. The molecule has 0 atom stereocenters. The SMILES string of the molecule is C=CCSc1c(C#[N+][N-]c2ccccc2)c(C)nn1-c1ccccc1. The van der Waals surface area contributed by atoms with Gasteiger partial charge in [-0.25, -0.2) is 4.68 Å². The molecule has 0 fully saturated rings. The molecule has 3 aromatic rings. The molecule has 0 aliphatic heterocycles. The third-order valence-electron chi connectivity index (χ3n) is 3.44. The van der Waals surface area contributed by atoms with E-state index in [0.29, 0.717) is 0 Å². The first-order valence-electron chi connectivity index (χ1n) is 7.90. The summed E-state index contributed by atoms with van der Waals surface area (Å²) in [4.78, 5) is 4.13. The predicted octanol–water partition coefficient (Wildman–Crippen LogP) is 5.76. The molecule has 0 aliphatic carbocycles. The highest BCUT2D eigenvalue weighted by Crippen LogP contribution is 2.28. The summed E-state index contributed by atoms with van der Waals surface area (Å²) >= 11 is 1.65. The van der Waals surface area contributed by atoms with Crippen LogP contribution in [-0.4, -0.2) is 15.5 Å². The van der Waals surface area contributed by atoms with Crippen molar-refractivity contribution in [2.45, 2.75) is 11.9 Å². The van der Waals surface area contributed by atoms with Crippen LogP contribution in [0.4, 0.5) is 5.69 Å². The summed E-state index contributed by atoms with van der Waals surface area (Å²) in [7, 11) is 0. The molecule has 0 aliphatic rings. The van der Waals surface area contributed by atoms with Crippen molar-refractivity contribution in [1.29, 1.82) is 0 Å². The first-order chi connectivity index (χ1) is 12.3. The zero-order valence-corrected chi connectivity index (χ0v) is 14.8. The lowest BCUT2D eigenvalue weighted by Crippen LogP contribution is -1.98. The van der Waals surface area contributed by atoms with Gasteiger partial charge in [-0.05, 0) is 19.1 Å². The molecule has 0 unspecified atom stereocenters. The fourth-order valence-electron chi connectivity index (χ4n) is 2.28. The number of hydrogen-bond acceptors (Lipinski definition) is 2. The maximum Gasteiger partial charge on any atom is 0.314 e. The Kier molecular flexibility index (Phi) is 5.55. The second-order valence-electron chi connectivity index (χ2n) is 5.26. The van der Waals surface area contributed by atoms with Gasteiger partial charge in [0.2, 0.25) is 0 Å². The second-order valence-corrected chi connectivity index (χ2v) is 6.27. The highest BCUT2D eigenvalue weighted by atomic mass is 32.2. The molecule has 0 saturated heterocycles. The average molecular weight is 346 g/mol. The summed E-state index contributed by atoms with van der Waals surface area (Å²) in [6, 6.07) is 22.7. The highest BCUT2D eigenvalue weighted by Gasteiger charge is 2.18. The first-order valence-corrected chi connectivity index (χ1v) is 8.88. The quantitative estimate of drug-likeness (QED) is 0.334. The van der Waals surface area contributed by atoms with E-state index in [2.05, 4.69) is 28.1 Å². The smallest absolute Gasteiger partial charge is 0.278 e. The molecule has 4 nitrogen and oxygen atoms in total. The molecular formula is C20H18N4S. The summed E-state index contributed by atoms with van der Waals surface area (Å²) in [5, 5.41) is 5.64.